The van der Waals surface area contributed by atoms with Gasteiger partial charge in [0.15, 0.2) is 0 Å². The van der Waals surface area contributed by atoms with Crippen molar-refractivity contribution in [3.63, 3.8) is 0 Å². The Morgan fingerprint density at radius 2 is 1.88 bits per heavy atom. The Morgan fingerprint density at radius 3 is 2.58 bits per heavy atom. The third-order valence-electron chi connectivity index (χ3n) is 3.22. The molecule has 0 bridgehead atoms. The van der Waals surface area contributed by atoms with Gasteiger partial charge in [0.1, 0.15) is 5.75 Å². The molecular formula is C18H16Cl2N2O2. The molecule has 2 aromatic carbocycles. The van der Waals surface area contributed by atoms with Gasteiger partial charge in [0.25, 0.3) is 0 Å². The normalized spacial score (nSPS) is 10.0. The molecule has 0 aliphatic carbocycles. The molecule has 0 aromatic heterocycles. The number of halogens is 2. The van der Waals surface area contributed by atoms with Crippen LogP contribution in [0, 0.1) is 11.3 Å². The lowest BCUT2D eigenvalue weighted by atomic mass is 10.1. The Morgan fingerprint density at radius 1 is 1.17 bits per heavy atom. The molecule has 0 saturated carbocycles. The first kappa shape index (κ1) is 18.1. The van der Waals surface area contributed by atoms with Crippen LogP contribution in [-0.4, -0.2) is 12.5 Å². The molecule has 0 aliphatic heterocycles. The number of ether oxygens (including phenoxy) is 1. The van der Waals surface area contributed by atoms with Gasteiger partial charge in [0.2, 0.25) is 5.91 Å². The van der Waals surface area contributed by atoms with E-state index in [1.54, 1.807) is 42.5 Å². The average Bonchev–Trinajstić information content (AvgIpc) is 2.56. The number of nitriles is 1. The van der Waals surface area contributed by atoms with E-state index in [9.17, 15) is 4.79 Å². The molecule has 2 rings (SSSR count). The predicted octanol–water partition coefficient (Wildman–Crippen LogP) is 4.86. The molecule has 0 spiro atoms. The van der Waals surface area contributed by atoms with Gasteiger partial charge < -0.3 is 10.1 Å². The van der Waals surface area contributed by atoms with E-state index in [4.69, 9.17) is 33.2 Å². The fraction of sp³-hybridized carbons (Fsp3) is 0.222. The van der Waals surface area contributed by atoms with E-state index in [0.717, 1.165) is 0 Å². The Labute approximate surface area is 151 Å². The first-order chi connectivity index (χ1) is 11.6. The molecule has 0 aliphatic rings. The van der Waals surface area contributed by atoms with Gasteiger partial charge in [-0.05, 0) is 36.2 Å². The lowest BCUT2D eigenvalue weighted by Crippen LogP contribution is -2.15. The minimum absolute atomic E-state index is 0.0890. The molecule has 0 heterocycles. The summed E-state index contributed by atoms with van der Waals surface area (Å²) < 4.78 is 5.54. The second-order valence-corrected chi connectivity index (χ2v) is 5.88. The number of carbonyl (C=O) groups excluding carboxylic acids is 1. The van der Waals surface area contributed by atoms with Crippen molar-refractivity contribution in [3.8, 4) is 11.8 Å². The summed E-state index contributed by atoms with van der Waals surface area (Å²) in [7, 11) is 0. The maximum Gasteiger partial charge on any atom is 0.228 e. The van der Waals surface area contributed by atoms with Crippen molar-refractivity contribution in [1.82, 2.24) is 0 Å². The highest BCUT2D eigenvalue weighted by Crippen LogP contribution is 2.25. The van der Waals surface area contributed by atoms with Crippen molar-refractivity contribution in [2.75, 3.05) is 11.9 Å². The van der Waals surface area contributed by atoms with Crippen molar-refractivity contribution >= 4 is 34.8 Å². The van der Waals surface area contributed by atoms with Crippen LogP contribution in [0.1, 0.15) is 18.4 Å². The highest BCUT2D eigenvalue weighted by Gasteiger charge is 2.11. The first-order valence-electron chi connectivity index (χ1n) is 7.42. The summed E-state index contributed by atoms with van der Waals surface area (Å²) in [5, 5.41) is 12.2. The highest BCUT2D eigenvalue weighted by molar-refractivity contribution is 6.36. The highest BCUT2D eigenvalue weighted by atomic mass is 35.5. The SMILES string of the molecule is N#CCCCOc1cccc(NC(=O)Cc2c(Cl)cccc2Cl)c1. The maximum absolute atomic E-state index is 12.2. The van der Waals surface area contributed by atoms with Crippen LogP contribution < -0.4 is 10.1 Å². The van der Waals surface area contributed by atoms with Crippen LogP contribution in [0.4, 0.5) is 5.69 Å². The zero-order chi connectivity index (χ0) is 17.4. The maximum atomic E-state index is 12.2. The summed E-state index contributed by atoms with van der Waals surface area (Å²) in [6.45, 7) is 0.459. The van der Waals surface area contributed by atoms with Crippen LogP contribution >= 0.6 is 23.2 Å². The summed E-state index contributed by atoms with van der Waals surface area (Å²) in [5.41, 5.74) is 1.23. The first-order valence-corrected chi connectivity index (χ1v) is 8.18. The van der Waals surface area contributed by atoms with Crippen LogP contribution in [-0.2, 0) is 11.2 Å². The van der Waals surface area contributed by atoms with Gasteiger partial charge in [0, 0.05) is 28.2 Å². The molecule has 0 saturated heterocycles. The van der Waals surface area contributed by atoms with Crippen molar-refractivity contribution in [1.29, 1.82) is 5.26 Å². The van der Waals surface area contributed by atoms with Crippen molar-refractivity contribution in [3.05, 3.63) is 58.1 Å². The van der Waals surface area contributed by atoms with Crippen molar-refractivity contribution in [2.24, 2.45) is 0 Å². The second kappa shape index (κ2) is 9.17. The van der Waals surface area contributed by atoms with Gasteiger partial charge in [-0.1, -0.05) is 35.3 Å². The van der Waals surface area contributed by atoms with Gasteiger partial charge in [-0.2, -0.15) is 5.26 Å². The van der Waals surface area contributed by atoms with Crippen LogP contribution in [0.5, 0.6) is 5.75 Å². The Balaban J connectivity index is 1.95. The van der Waals surface area contributed by atoms with Crippen LogP contribution in [0.15, 0.2) is 42.5 Å². The number of benzene rings is 2. The molecule has 24 heavy (non-hydrogen) atoms. The number of nitrogens with zero attached hydrogens (tertiary/aromatic N) is 1. The topological polar surface area (TPSA) is 62.1 Å². The second-order valence-electron chi connectivity index (χ2n) is 5.06. The average molecular weight is 363 g/mol. The zero-order valence-electron chi connectivity index (χ0n) is 12.9. The van der Waals surface area contributed by atoms with E-state index in [0.29, 0.717) is 46.5 Å². The van der Waals surface area contributed by atoms with Gasteiger partial charge in [0.05, 0.1) is 19.1 Å². The molecule has 0 radical (unpaired) electrons. The Hall–Kier alpha value is -2.22. The predicted molar refractivity (Wildman–Crippen MR) is 95.6 cm³/mol. The molecule has 1 N–H and O–H groups in total. The molecule has 6 heteroatoms. The smallest absolute Gasteiger partial charge is 0.228 e. The van der Waals surface area contributed by atoms with E-state index in [-0.39, 0.29) is 12.3 Å². The Bertz CT molecular complexity index is 737. The number of hydrogen-bond donors (Lipinski definition) is 1. The van der Waals surface area contributed by atoms with Crippen LogP contribution in [0.2, 0.25) is 10.0 Å². The van der Waals surface area contributed by atoms with Gasteiger partial charge in [-0.15, -0.1) is 0 Å². The Kier molecular flexibility index (Phi) is 6.92. The summed E-state index contributed by atoms with van der Waals surface area (Å²) >= 11 is 12.2. The van der Waals surface area contributed by atoms with E-state index < -0.39 is 0 Å². The van der Waals surface area contributed by atoms with Crippen molar-refractivity contribution in [2.45, 2.75) is 19.3 Å². The molecular weight excluding hydrogens is 347 g/mol. The fourth-order valence-electron chi connectivity index (χ4n) is 2.07. The number of hydrogen-bond acceptors (Lipinski definition) is 3. The number of amides is 1. The standard InChI is InChI=1S/C18H16Cl2N2O2/c19-16-7-4-8-17(20)15(16)12-18(23)22-13-5-3-6-14(11-13)24-10-2-1-9-21/h3-8,11H,1-2,10,12H2,(H,22,23). The number of carbonyl (C=O) groups is 1. The molecule has 0 atom stereocenters. The zero-order valence-corrected chi connectivity index (χ0v) is 14.4. The van der Waals surface area contributed by atoms with E-state index in [2.05, 4.69) is 11.4 Å². The lowest BCUT2D eigenvalue weighted by Gasteiger charge is -2.10. The minimum atomic E-state index is -0.216. The summed E-state index contributed by atoms with van der Waals surface area (Å²) in [6.07, 6.45) is 1.21. The quantitative estimate of drug-likeness (QED) is 0.715. The van der Waals surface area contributed by atoms with Crippen LogP contribution in [0.25, 0.3) is 0 Å². The van der Waals surface area contributed by atoms with Gasteiger partial charge in [-0.3, -0.25) is 4.79 Å². The largest absolute Gasteiger partial charge is 0.493 e. The number of nitrogens with one attached hydrogen (secondary N) is 1. The summed E-state index contributed by atoms with van der Waals surface area (Å²) in [6, 6.07) is 14.3. The summed E-state index contributed by atoms with van der Waals surface area (Å²) in [5.74, 6) is 0.424. The van der Waals surface area contributed by atoms with Gasteiger partial charge >= 0.3 is 0 Å². The third-order valence-corrected chi connectivity index (χ3v) is 3.93. The number of rotatable bonds is 7. The van der Waals surface area contributed by atoms with E-state index in [1.165, 1.54) is 0 Å². The van der Waals surface area contributed by atoms with E-state index in [1.807, 2.05) is 0 Å². The van der Waals surface area contributed by atoms with Crippen LogP contribution in [0.3, 0.4) is 0 Å². The third kappa shape index (κ3) is 5.45. The van der Waals surface area contributed by atoms with Crippen molar-refractivity contribution < 1.29 is 9.53 Å². The fourth-order valence-corrected chi connectivity index (χ4v) is 2.60. The summed E-state index contributed by atoms with van der Waals surface area (Å²) in [4.78, 5) is 12.2. The molecule has 1 amide bonds. The number of unbranched alkanes of at least 4 members (excludes halogenated alkanes) is 1. The molecule has 0 fully saturated rings. The molecule has 0 unspecified atom stereocenters. The minimum Gasteiger partial charge on any atom is -0.493 e. The van der Waals surface area contributed by atoms with E-state index >= 15 is 0 Å². The molecule has 124 valence electrons. The van der Waals surface area contributed by atoms with Gasteiger partial charge in [-0.25, -0.2) is 0 Å². The lowest BCUT2D eigenvalue weighted by molar-refractivity contribution is -0.115. The molecule has 2 aromatic rings. The molecule has 4 nitrogen and oxygen atoms in total. The monoisotopic (exact) mass is 362 g/mol. The number of anilines is 1.